The molecule has 0 radical (unpaired) electrons. The molecule has 0 atom stereocenters. The van der Waals surface area contributed by atoms with Crippen LogP contribution < -0.4 is 15.3 Å². The fourth-order valence-electron chi connectivity index (χ4n) is 1.69. The fraction of sp³-hybridized carbons (Fsp3) is 0.0714. The number of rotatable bonds is 5. The first-order valence-electron chi connectivity index (χ1n) is 6.23. The predicted octanol–water partition coefficient (Wildman–Crippen LogP) is 0.0894. The Balaban J connectivity index is 1.84. The van der Waals surface area contributed by atoms with E-state index >= 15 is 0 Å². The minimum Gasteiger partial charge on any atom is -0.287 e. The van der Waals surface area contributed by atoms with Crippen LogP contribution in [0, 0.1) is 11.2 Å². The van der Waals surface area contributed by atoms with Crippen molar-refractivity contribution in [1.82, 2.24) is 10.9 Å². The lowest BCUT2D eigenvalue weighted by atomic mass is 9.98. The summed E-state index contributed by atoms with van der Waals surface area (Å²) in [7, 11) is 0.272. The van der Waals surface area contributed by atoms with Gasteiger partial charge >= 0.3 is 7.41 Å². The standard InChI is InChI=1S/C14H13BN4O/c16-11-15-19-8-6-13(7-9-19)14(20)18-17-10-12-4-2-1-3-5-12/h1-9,15,20H,10H2/p+1. The van der Waals surface area contributed by atoms with Gasteiger partial charge in [-0.25, -0.2) is 10.7 Å². The van der Waals surface area contributed by atoms with Gasteiger partial charge in [-0.15, -0.1) is 0 Å². The Labute approximate surface area is 118 Å². The molecule has 0 aliphatic rings. The third-order valence-corrected chi connectivity index (χ3v) is 2.74. The molecule has 1 aromatic carbocycles. The van der Waals surface area contributed by atoms with Gasteiger partial charge < -0.3 is 0 Å². The highest BCUT2D eigenvalue weighted by Crippen LogP contribution is 1.97. The number of pyridine rings is 1. The summed E-state index contributed by atoms with van der Waals surface area (Å²) in [5.41, 5.74) is 7.15. The first kappa shape index (κ1) is 13.8. The third kappa shape index (κ3) is 3.94. The van der Waals surface area contributed by atoms with Gasteiger partial charge in [0, 0.05) is 18.7 Å². The van der Waals surface area contributed by atoms with Gasteiger partial charge in [0.1, 0.15) is 12.4 Å². The smallest absolute Gasteiger partial charge is 0.287 e. The van der Waals surface area contributed by atoms with E-state index in [4.69, 9.17) is 5.26 Å². The number of amides is 1. The SMILES string of the molecule is N#CB[n+]1ccc(C(=O)NNCc2ccccc2)cc1. The Hall–Kier alpha value is -2.65. The van der Waals surface area contributed by atoms with Gasteiger partial charge in [-0.1, -0.05) is 30.3 Å². The van der Waals surface area contributed by atoms with E-state index in [1.165, 1.54) is 0 Å². The molecule has 1 amide bonds. The van der Waals surface area contributed by atoms with Gasteiger partial charge in [0.05, 0.1) is 11.5 Å². The van der Waals surface area contributed by atoms with Gasteiger partial charge in [0.2, 0.25) is 0 Å². The molecule has 6 heteroatoms. The average molecular weight is 265 g/mol. The minimum atomic E-state index is -0.204. The van der Waals surface area contributed by atoms with Crippen LogP contribution in [0.4, 0.5) is 0 Å². The van der Waals surface area contributed by atoms with Crippen LogP contribution in [-0.2, 0) is 6.54 Å². The Bertz CT molecular complexity index is 607. The van der Waals surface area contributed by atoms with E-state index in [1.54, 1.807) is 29.0 Å². The summed E-state index contributed by atoms with van der Waals surface area (Å²) < 4.78 is 1.70. The number of carbonyl (C=O) groups excluding carboxylic acids is 1. The zero-order valence-corrected chi connectivity index (χ0v) is 10.9. The first-order chi connectivity index (χ1) is 9.79. The molecule has 1 heterocycles. The van der Waals surface area contributed by atoms with E-state index in [9.17, 15) is 4.79 Å². The van der Waals surface area contributed by atoms with Gasteiger partial charge in [0.25, 0.3) is 5.91 Å². The van der Waals surface area contributed by atoms with Gasteiger partial charge in [-0.3, -0.25) is 14.7 Å². The number of nitrogens with one attached hydrogen (secondary N) is 2. The number of nitrogens with zero attached hydrogens (tertiary/aromatic N) is 2. The lowest BCUT2D eigenvalue weighted by molar-refractivity contribution is -0.527. The lowest BCUT2D eigenvalue weighted by Gasteiger charge is -2.06. The minimum absolute atomic E-state index is 0.204. The number of benzene rings is 1. The summed E-state index contributed by atoms with van der Waals surface area (Å²) >= 11 is 0. The van der Waals surface area contributed by atoms with Gasteiger partial charge in [0.15, 0.2) is 0 Å². The molecule has 0 aliphatic heterocycles. The molecule has 0 saturated heterocycles. The second-order valence-corrected chi connectivity index (χ2v) is 4.21. The number of nitriles is 1. The molecular weight excluding hydrogens is 251 g/mol. The highest BCUT2D eigenvalue weighted by atomic mass is 16.2. The number of hydrazine groups is 1. The summed E-state index contributed by atoms with van der Waals surface area (Å²) in [5, 5.41) is 8.56. The molecule has 2 N–H and O–H groups in total. The van der Waals surface area contributed by atoms with Crippen molar-refractivity contribution in [2.75, 3.05) is 0 Å². The molecule has 2 rings (SSSR count). The van der Waals surface area contributed by atoms with Crippen molar-refractivity contribution in [1.29, 1.82) is 5.26 Å². The zero-order chi connectivity index (χ0) is 14.2. The summed E-state index contributed by atoms with van der Waals surface area (Å²) in [5.74, 6) is 1.83. The van der Waals surface area contributed by atoms with Crippen LogP contribution in [0.25, 0.3) is 0 Å². The summed E-state index contributed by atoms with van der Waals surface area (Å²) in [4.78, 5) is 11.9. The lowest BCUT2D eigenvalue weighted by Crippen LogP contribution is -2.40. The maximum Gasteiger partial charge on any atom is 0.587 e. The second kappa shape index (κ2) is 7.07. The van der Waals surface area contributed by atoms with Crippen LogP contribution in [-0.4, -0.2) is 13.3 Å². The molecule has 0 saturated carbocycles. The predicted molar refractivity (Wildman–Crippen MR) is 75.5 cm³/mol. The molecule has 5 nitrogen and oxygen atoms in total. The van der Waals surface area contributed by atoms with E-state index in [0.29, 0.717) is 12.1 Å². The topological polar surface area (TPSA) is 68.8 Å². The van der Waals surface area contributed by atoms with E-state index in [1.807, 2.05) is 36.3 Å². The normalized spacial score (nSPS) is 9.55. The van der Waals surface area contributed by atoms with Crippen molar-refractivity contribution in [3.05, 3.63) is 66.0 Å². The summed E-state index contributed by atoms with van der Waals surface area (Å²) in [6.07, 6.45) is 3.41. The molecule has 98 valence electrons. The average Bonchev–Trinajstić information content (AvgIpc) is 2.49. The van der Waals surface area contributed by atoms with Crippen molar-refractivity contribution in [2.24, 2.45) is 0 Å². The number of hydrogen-bond donors (Lipinski definition) is 2. The number of carbonyl (C=O) groups is 1. The molecule has 0 fully saturated rings. The van der Waals surface area contributed by atoms with Crippen LogP contribution in [0.15, 0.2) is 54.9 Å². The third-order valence-electron chi connectivity index (χ3n) is 2.74. The van der Waals surface area contributed by atoms with E-state index < -0.39 is 0 Å². The van der Waals surface area contributed by atoms with Crippen LogP contribution in [0.3, 0.4) is 0 Å². The molecule has 2 aromatic rings. The quantitative estimate of drug-likeness (QED) is 0.594. The van der Waals surface area contributed by atoms with E-state index in [2.05, 4.69) is 10.9 Å². The molecule has 20 heavy (non-hydrogen) atoms. The van der Waals surface area contributed by atoms with Crippen LogP contribution >= 0.6 is 0 Å². The van der Waals surface area contributed by atoms with Crippen molar-refractivity contribution in [3.8, 4) is 5.97 Å². The maximum atomic E-state index is 11.9. The van der Waals surface area contributed by atoms with E-state index in [-0.39, 0.29) is 13.3 Å². The van der Waals surface area contributed by atoms with Crippen molar-refractivity contribution in [2.45, 2.75) is 6.54 Å². The summed E-state index contributed by atoms with van der Waals surface area (Å²) in [6.45, 7) is 0.563. The highest BCUT2D eigenvalue weighted by Gasteiger charge is 2.08. The van der Waals surface area contributed by atoms with Gasteiger partial charge in [-0.2, -0.15) is 0 Å². The number of aromatic nitrogens is 1. The van der Waals surface area contributed by atoms with Crippen LogP contribution in [0.1, 0.15) is 15.9 Å². The van der Waals surface area contributed by atoms with E-state index in [0.717, 1.165) is 5.56 Å². The Kier molecular flexibility index (Phi) is 4.87. The Morgan fingerprint density at radius 3 is 2.55 bits per heavy atom. The van der Waals surface area contributed by atoms with Crippen LogP contribution in [0.5, 0.6) is 0 Å². The molecular formula is C14H14BN4O+. The molecule has 0 aliphatic carbocycles. The first-order valence-corrected chi connectivity index (χ1v) is 6.23. The van der Waals surface area contributed by atoms with Crippen molar-refractivity contribution in [3.63, 3.8) is 0 Å². The van der Waals surface area contributed by atoms with Gasteiger partial charge in [-0.05, 0) is 5.56 Å². The molecule has 1 aromatic heterocycles. The molecule has 0 spiro atoms. The largest absolute Gasteiger partial charge is 0.587 e. The van der Waals surface area contributed by atoms with Crippen molar-refractivity contribution < 1.29 is 9.27 Å². The highest BCUT2D eigenvalue weighted by molar-refractivity contribution is 6.35. The molecule has 0 bridgehead atoms. The Morgan fingerprint density at radius 1 is 1.20 bits per heavy atom. The second-order valence-electron chi connectivity index (χ2n) is 4.21. The monoisotopic (exact) mass is 265 g/mol. The zero-order valence-electron chi connectivity index (χ0n) is 10.9. The molecule has 0 unspecified atom stereocenters. The Morgan fingerprint density at radius 2 is 1.90 bits per heavy atom. The van der Waals surface area contributed by atoms with Crippen LogP contribution in [0.2, 0.25) is 0 Å². The maximum absolute atomic E-state index is 11.9. The number of hydrogen-bond acceptors (Lipinski definition) is 3. The van der Waals surface area contributed by atoms with Crippen molar-refractivity contribution >= 4 is 13.3 Å². The fourth-order valence-corrected chi connectivity index (χ4v) is 1.69. The summed E-state index contributed by atoms with van der Waals surface area (Å²) in [6, 6.07) is 13.2.